The molecule has 0 N–H and O–H groups in total. The SMILES string of the molecule is CCOC(=O)COc1ccc(Oc2cc(-n3nc(C)n(C)c3=O)c(F)cc2Cl)cc1. The highest BCUT2D eigenvalue weighted by Gasteiger charge is 2.17. The van der Waals surface area contributed by atoms with Crippen molar-refractivity contribution in [2.75, 3.05) is 13.2 Å². The molecule has 0 saturated heterocycles. The number of aryl methyl sites for hydroxylation is 1. The molecule has 0 aliphatic heterocycles. The lowest BCUT2D eigenvalue weighted by molar-refractivity contribution is -0.145. The van der Waals surface area contributed by atoms with E-state index in [-0.39, 0.29) is 29.7 Å². The molecule has 3 aromatic rings. The van der Waals surface area contributed by atoms with Crippen LogP contribution >= 0.6 is 11.6 Å². The molecule has 0 atom stereocenters. The normalized spacial score (nSPS) is 10.7. The zero-order valence-electron chi connectivity index (χ0n) is 16.5. The van der Waals surface area contributed by atoms with E-state index in [4.69, 9.17) is 25.8 Å². The first-order valence-electron chi connectivity index (χ1n) is 8.98. The molecule has 0 radical (unpaired) electrons. The number of benzene rings is 2. The molecule has 0 spiro atoms. The van der Waals surface area contributed by atoms with E-state index < -0.39 is 17.5 Å². The van der Waals surface area contributed by atoms with Crippen LogP contribution in [0.3, 0.4) is 0 Å². The minimum atomic E-state index is -0.713. The van der Waals surface area contributed by atoms with Crippen molar-refractivity contribution in [3.8, 4) is 22.9 Å². The van der Waals surface area contributed by atoms with Gasteiger partial charge in [0.05, 0.1) is 11.6 Å². The molecule has 10 heteroatoms. The van der Waals surface area contributed by atoms with Gasteiger partial charge in [0.1, 0.15) is 28.8 Å². The summed E-state index contributed by atoms with van der Waals surface area (Å²) < 4.78 is 32.5. The van der Waals surface area contributed by atoms with Gasteiger partial charge in [-0.1, -0.05) is 11.6 Å². The Morgan fingerprint density at radius 3 is 2.47 bits per heavy atom. The molecule has 0 unspecified atom stereocenters. The Balaban J connectivity index is 1.80. The van der Waals surface area contributed by atoms with Crippen molar-refractivity contribution in [2.45, 2.75) is 13.8 Å². The molecule has 0 aliphatic rings. The van der Waals surface area contributed by atoms with Crippen molar-refractivity contribution in [3.63, 3.8) is 0 Å². The van der Waals surface area contributed by atoms with Crippen LogP contribution in [0.1, 0.15) is 12.7 Å². The third kappa shape index (κ3) is 4.62. The maximum Gasteiger partial charge on any atom is 0.350 e. The Kier molecular flexibility index (Phi) is 6.41. The number of carbonyl (C=O) groups excluding carboxylic acids is 1. The molecule has 0 aliphatic carbocycles. The highest BCUT2D eigenvalue weighted by Crippen LogP contribution is 2.33. The lowest BCUT2D eigenvalue weighted by Crippen LogP contribution is -2.22. The maximum absolute atomic E-state index is 14.4. The van der Waals surface area contributed by atoms with E-state index in [2.05, 4.69) is 5.10 Å². The molecule has 158 valence electrons. The Labute approximate surface area is 176 Å². The van der Waals surface area contributed by atoms with Crippen LogP contribution < -0.4 is 15.2 Å². The van der Waals surface area contributed by atoms with Crippen molar-refractivity contribution in [2.24, 2.45) is 7.05 Å². The first kappa shape index (κ1) is 21.4. The maximum atomic E-state index is 14.4. The number of nitrogens with zero attached hydrogens (tertiary/aromatic N) is 3. The van der Waals surface area contributed by atoms with Gasteiger partial charge in [-0.2, -0.15) is 9.78 Å². The predicted octanol–water partition coefficient (Wildman–Crippen LogP) is 3.41. The minimum Gasteiger partial charge on any atom is -0.482 e. The fourth-order valence-corrected chi connectivity index (χ4v) is 2.72. The molecule has 0 fully saturated rings. The number of carbonyl (C=O) groups is 1. The van der Waals surface area contributed by atoms with Crippen LogP contribution in [0.25, 0.3) is 5.69 Å². The number of hydrogen-bond acceptors (Lipinski definition) is 6. The van der Waals surface area contributed by atoms with E-state index in [0.717, 1.165) is 10.7 Å². The summed E-state index contributed by atoms with van der Waals surface area (Å²) in [5, 5.41) is 4.08. The van der Waals surface area contributed by atoms with Crippen molar-refractivity contribution < 1.29 is 23.4 Å². The van der Waals surface area contributed by atoms with Crippen LogP contribution in [0, 0.1) is 12.7 Å². The van der Waals surface area contributed by atoms with Crippen molar-refractivity contribution in [3.05, 3.63) is 63.5 Å². The van der Waals surface area contributed by atoms with E-state index in [9.17, 15) is 14.0 Å². The number of esters is 1. The standard InChI is InChI=1S/C20H19ClFN3O5/c1-4-28-19(26)11-29-13-5-7-14(8-6-13)30-18-10-17(16(22)9-15(18)21)25-20(27)24(3)12(2)23-25/h5-10H,4,11H2,1-3H3. The van der Waals surface area contributed by atoms with Crippen LogP contribution in [0.4, 0.5) is 4.39 Å². The molecule has 8 nitrogen and oxygen atoms in total. The number of halogens is 2. The summed E-state index contributed by atoms with van der Waals surface area (Å²) in [5.41, 5.74) is -0.583. The summed E-state index contributed by atoms with van der Waals surface area (Å²) in [5.74, 6) is 0.219. The number of ether oxygens (including phenoxy) is 3. The van der Waals surface area contributed by atoms with E-state index >= 15 is 0 Å². The second kappa shape index (κ2) is 9.00. The minimum absolute atomic E-state index is 0.0274. The summed E-state index contributed by atoms with van der Waals surface area (Å²) in [6.07, 6.45) is 0. The lowest BCUT2D eigenvalue weighted by atomic mass is 10.2. The van der Waals surface area contributed by atoms with Crippen LogP contribution in [0.5, 0.6) is 17.2 Å². The zero-order valence-corrected chi connectivity index (χ0v) is 17.3. The van der Waals surface area contributed by atoms with E-state index in [0.29, 0.717) is 17.3 Å². The van der Waals surface area contributed by atoms with Crippen molar-refractivity contribution in [1.29, 1.82) is 0 Å². The van der Waals surface area contributed by atoms with Gasteiger partial charge < -0.3 is 14.2 Å². The molecule has 30 heavy (non-hydrogen) atoms. The third-order valence-electron chi connectivity index (χ3n) is 4.14. The van der Waals surface area contributed by atoms with Gasteiger partial charge >= 0.3 is 11.7 Å². The van der Waals surface area contributed by atoms with Gasteiger partial charge in [0.2, 0.25) is 0 Å². The first-order chi connectivity index (χ1) is 14.3. The molecule has 3 rings (SSSR count). The zero-order chi connectivity index (χ0) is 21.8. The molecular weight excluding hydrogens is 417 g/mol. The fourth-order valence-electron chi connectivity index (χ4n) is 2.53. The van der Waals surface area contributed by atoms with Crippen LogP contribution in [0.2, 0.25) is 5.02 Å². The molecule has 0 bridgehead atoms. The number of rotatable bonds is 7. The van der Waals surface area contributed by atoms with Crippen molar-refractivity contribution >= 4 is 17.6 Å². The molecule has 0 amide bonds. The Morgan fingerprint density at radius 2 is 1.87 bits per heavy atom. The first-order valence-corrected chi connectivity index (χ1v) is 9.36. The van der Waals surface area contributed by atoms with Crippen molar-refractivity contribution in [1.82, 2.24) is 14.3 Å². The summed E-state index contributed by atoms with van der Waals surface area (Å²) in [4.78, 5) is 23.6. The second-order valence-electron chi connectivity index (χ2n) is 6.20. The van der Waals surface area contributed by atoms with Gasteiger partial charge in [0, 0.05) is 13.1 Å². The molecule has 2 aromatic carbocycles. The second-order valence-corrected chi connectivity index (χ2v) is 6.61. The smallest absolute Gasteiger partial charge is 0.350 e. The lowest BCUT2D eigenvalue weighted by Gasteiger charge is -2.11. The fraction of sp³-hybridized carbons (Fsp3) is 0.250. The monoisotopic (exact) mass is 435 g/mol. The average Bonchev–Trinajstić information content (AvgIpc) is 2.97. The van der Waals surface area contributed by atoms with Crippen LogP contribution in [-0.4, -0.2) is 33.5 Å². The summed E-state index contributed by atoms with van der Waals surface area (Å²) in [6, 6.07) is 8.74. The average molecular weight is 436 g/mol. The largest absolute Gasteiger partial charge is 0.482 e. The molecule has 1 heterocycles. The van der Waals surface area contributed by atoms with E-state index in [1.807, 2.05) is 0 Å². The summed E-state index contributed by atoms with van der Waals surface area (Å²) >= 11 is 6.11. The Morgan fingerprint density at radius 1 is 1.20 bits per heavy atom. The molecule has 0 saturated carbocycles. The summed E-state index contributed by atoms with van der Waals surface area (Å²) in [6.45, 7) is 3.41. The third-order valence-corrected chi connectivity index (χ3v) is 4.44. The van der Waals surface area contributed by atoms with Gasteiger partial charge in [-0.3, -0.25) is 4.57 Å². The van der Waals surface area contributed by atoms with Gasteiger partial charge in [0.25, 0.3) is 0 Å². The Bertz CT molecular complexity index is 1120. The molecule has 1 aromatic heterocycles. The Hall–Kier alpha value is -3.33. The van der Waals surface area contributed by atoms with E-state index in [1.54, 1.807) is 38.1 Å². The van der Waals surface area contributed by atoms with Gasteiger partial charge in [-0.25, -0.2) is 14.0 Å². The number of hydrogen-bond donors (Lipinski definition) is 0. The highest BCUT2D eigenvalue weighted by molar-refractivity contribution is 6.32. The van der Waals surface area contributed by atoms with Gasteiger partial charge in [0.15, 0.2) is 12.4 Å². The van der Waals surface area contributed by atoms with Crippen LogP contribution in [-0.2, 0) is 16.6 Å². The van der Waals surface area contributed by atoms with Crippen LogP contribution in [0.15, 0.2) is 41.2 Å². The predicted molar refractivity (Wildman–Crippen MR) is 107 cm³/mol. The highest BCUT2D eigenvalue weighted by atomic mass is 35.5. The van der Waals surface area contributed by atoms with Gasteiger partial charge in [-0.05, 0) is 44.2 Å². The quantitative estimate of drug-likeness (QED) is 0.529. The summed E-state index contributed by atoms with van der Waals surface area (Å²) in [7, 11) is 1.54. The van der Waals surface area contributed by atoms with Gasteiger partial charge in [-0.15, -0.1) is 0 Å². The number of aromatic nitrogens is 3. The molecular formula is C20H19ClFN3O5. The topological polar surface area (TPSA) is 84.6 Å². The van der Waals surface area contributed by atoms with E-state index in [1.165, 1.54) is 17.7 Å².